The molecule has 1 aromatic heterocycles. The fourth-order valence-electron chi connectivity index (χ4n) is 3.17. The Morgan fingerprint density at radius 3 is 2.68 bits per heavy atom. The fourth-order valence-corrected chi connectivity index (χ4v) is 5.58. The van der Waals surface area contributed by atoms with Gasteiger partial charge in [-0.15, -0.1) is 0 Å². The number of piperidine rings is 1. The Kier molecular flexibility index (Phi) is 5.22. The SMILES string of the molecule is COc1ccc2nc(OC3CCN(S(=O)(=O)c4cccc(F)c4)CC3)sc2c1. The standard InChI is InChI=1S/C19H19FN2O4S2/c1-25-15-5-6-17-18(12-15)27-19(21-17)26-14-7-9-22(10-8-14)28(23,24)16-4-2-3-13(20)11-16/h2-6,11-12,14H,7-10H2,1H3. The van der Waals surface area contributed by atoms with Crippen LogP contribution in [-0.2, 0) is 10.0 Å². The van der Waals surface area contributed by atoms with Crippen molar-refractivity contribution in [1.29, 1.82) is 0 Å². The van der Waals surface area contributed by atoms with Crippen molar-refractivity contribution in [1.82, 2.24) is 9.29 Å². The van der Waals surface area contributed by atoms with Gasteiger partial charge < -0.3 is 9.47 Å². The number of rotatable bonds is 5. The van der Waals surface area contributed by atoms with Gasteiger partial charge in [0.15, 0.2) is 0 Å². The largest absolute Gasteiger partial charge is 0.497 e. The highest BCUT2D eigenvalue weighted by atomic mass is 32.2. The number of nitrogens with zero attached hydrogens (tertiary/aromatic N) is 2. The molecule has 0 radical (unpaired) electrons. The molecule has 2 heterocycles. The molecule has 0 N–H and O–H groups in total. The Hall–Kier alpha value is -2.23. The average molecular weight is 423 g/mol. The Morgan fingerprint density at radius 2 is 1.96 bits per heavy atom. The Labute approximate surface area is 166 Å². The van der Waals surface area contributed by atoms with Crippen molar-refractivity contribution in [3.05, 3.63) is 48.3 Å². The fraction of sp³-hybridized carbons (Fsp3) is 0.316. The lowest BCUT2D eigenvalue weighted by Gasteiger charge is -2.30. The lowest BCUT2D eigenvalue weighted by atomic mass is 10.1. The number of hydrogen-bond donors (Lipinski definition) is 0. The van der Waals surface area contributed by atoms with Crippen molar-refractivity contribution in [3.8, 4) is 10.9 Å². The number of thiazole rings is 1. The molecule has 1 aliphatic rings. The second-order valence-electron chi connectivity index (χ2n) is 6.49. The molecule has 6 nitrogen and oxygen atoms in total. The summed E-state index contributed by atoms with van der Waals surface area (Å²) in [5.74, 6) is 0.199. The molecule has 9 heteroatoms. The number of fused-ring (bicyclic) bond motifs is 1. The molecule has 28 heavy (non-hydrogen) atoms. The van der Waals surface area contributed by atoms with Crippen molar-refractivity contribution in [3.63, 3.8) is 0 Å². The summed E-state index contributed by atoms with van der Waals surface area (Å²) in [6, 6.07) is 10.7. The van der Waals surface area contributed by atoms with Crippen LogP contribution in [0.4, 0.5) is 4.39 Å². The van der Waals surface area contributed by atoms with Crippen LogP contribution in [0.15, 0.2) is 47.4 Å². The number of hydrogen-bond acceptors (Lipinski definition) is 6. The highest BCUT2D eigenvalue weighted by Gasteiger charge is 2.30. The minimum atomic E-state index is -3.70. The number of benzene rings is 2. The number of methoxy groups -OCH3 is 1. The summed E-state index contributed by atoms with van der Waals surface area (Å²) in [6.07, 6.45) is 0.989. The van der Waals surface area contributed by atoms with Gasteiger partial charge in [-0.25, -0.2) is 17.8 Å². The van der Waals surface area contributed by atoms with E-state index >= 15 is 0 Å². The van der Waals surface area contributed by atoms with Crippen molar-refractivity contribution in [2.24, 2.45) is 0 Å². The van der Waals surface area contributed by atoms with Crippen LogP contribution in [0.5, 0.6) is 10.9 Å². The molecule has 148 valence electrons. The molecule has 0 saturated carbocycles. The van der Waals surface area contributed by atoms with E-state index in [1.165, 1.54) is 33.8 Å². The molecular weight excluding hydrogens is 403 g/mol. The first kappa shape index (κ1) is 19.1. The Bertz CT molecular complexity index is 1090. The van der Waals surface area contributed by atoms with Crippen molar-refractivity contribution < 1.29 is 22.3 Å². The third kappa shape index (κ3) is 3.82. The van der Waals surface area contributed by atoms with Gasteiger partial charge in [0, 0.05) is 13.1 Å². The van der Waals surface area contributed by atoms with Crippen LogP contribution >= 0.6 is 11.3 Å². The summed E-state index contributed by atoms with van der Waals surface area (Å²) in [4.78, 5) is 4.45. The molecule has 2 aromatic carbocycles. The van der Waals surface area contributed by atoms with E-state index in [9.17, 15) is 12.8 Å². The first-order chi connectivity index (χ1) is 13.5. The summed E-state index contributed by atoms with van der Waals surface area (Å²) in [5, 5.41) is 0.565. The van der Waals surface area contributed by atoms with E-state index in [0.29, 0.717) is 31.1 Å². The molecule has 0 amide bonds. The van der Waals surface area contributed by atoms with E-state index < -0.39 is 15.8 Å². The second kappa shape index (κ2) is 7.65. The van der Waals surface area contributed by atoms with Crippen LogP contribution in [0.25, 0.3) is 10.2 Å². The summed E-state index contributed by atoms with van der Waals surface area (Å²) in [6.45, 7) is 0.643. The van der Waals surface area contributed by atoms with E-state index in [-0.39, 0.29) is 11.0 Å². The van der Waals surface area contributed by atoms with Gasteiger partial charge in [-0.1, -0.05) is 17.4 Å². The first-order valence-corrected chi connectivity index (χ1v) is 11.1. The lowest BCUT2D eigenvalue weighted by Crippen LogP contribution is -2.41. The van der Waals surface area contributed by atoms with Gasteiger partial charge in [-0.05, 0) is 49.2 Å². The zero-order valence-corrected chi connectivity index (χ0v) is 16.8. The first-order valence-electron chi connectivity index (χ1n) is 8.83. The lowest BCUT2D eigenvalue weighted by molar-refractivity contribution is 0.135. The maximum Gasteiger partial charge on any atom is 0.274 e. The molecule has 3 aromatic rings. The van der Waals surface area contributed by atoms with Gasteiger partial charge in [-0.3, -0.25) is 0 Å². The average Bonchev–Trinajstić information content (AvgIpc) is 3.09. The zero-order chi connectivity index (χ0) is 19.7. The highest BCUT2D eigenvalue weighted by molar-refractivity contribution is 7.89. The Morgan fingerprint density at radius 1 is 1.18 bits per heavy atom. The highest BCUT2D eigenvalue weighted by Crippen LogP contribution is 2.32. The molecule has 1 fully saturated rings. The third-order valence-electron chi connectivity index (χ3n) is 4.68. The van der Waals surface area contributed by atoms with Crippen LogP contribution in [0.3, 0.4) is 0 Å². The van der Waals surface area contributed by atoms with E-state index in [1.54, 1.807) is 7.11 Å². The van der Waals surface area contributed by atoms with Gasteiger partial charge in [0.05, 0.1) is 22.2 Å². The minimum Gasteiger partial charge on any atom is -0.497 e. The summed E-state index contributed by atoms with van der Waals surface area (Å²) in [7, 11) is -2.08. The van der Waals surface area contributed by atoms with Crippen LogP contribution in [0.1, 0.15) is 12.8 Å². The van der Waals surface area contributed by atoms with Crippen molar-refractivity contribution in [2.45, 2.75) is 23.8 Å². The molecule has 4 rings (SSSR count). The molecule has 0 atom stereocenters. The van der Waals surface area contributed by atoms with E-state index in [2.05, 4.69) is 4.98 Å². The zero-order valence-electron chi connectivity index (χ0n) is 15.2. The molecule has 0 aliphatic carbocycles. The maximum atomic E-state index is 13.4. The van der Waals surface area contributed by atoms with E-state index in [4.69, 9.17) is 9.47 Å². The maximum absolute atomic E-state index is 13.4. The van der Waals surface area contributed by atoms with Crippen LogP contribution in [-0.4, -0.2) is 44.0 Å². The summed E-state index contributed by atoms with van der Waals surface area (Å²) < 4.78 is 52.3. The van der Waals surface area contributed by atoms with Crippen LogP contribution in [0.2, 0.25) is 0 Å². The topological polar surface area (TPSA) is 68.7 Å². The van der Waals surface area contributed by atoms with Crippen LogP contribution < -0.4 is 9.47 Å². The minimum absolute atomic E-state index is 0.0213. The number of halogens is 1. The van der Waals surface area contributed by atoms with E-state index in [0.717, 1.165) is 22.0 Å². The predicted octanol–water partition coefficient (Wildman–Crippen LogP) is 3.68. The van der Waals surface area contributed by atoms with Crippen molar-refractivity contribution >= 4 is 31.6 Å². The summed E-state index contributed by atoms with van der Waals surface area (Å²) in [5.41, 5.74) is 0.840. The number of aromatic nitrogens is 1. The number of ether oxygens (including phenoxy) is 2. The van der Waals surface area contributed by atoms with Crippen LogP contribution in [0, 0.1) is 5.82 Å². The molecular formula is C19H19FN2O4S2. The van der Waals surface area contributed by atoms with Gasteiger partial charge in [0.2, 0.25) is 10.0 Å². The van der Waals surface area contributed by atoms with Gasteiger partial charge in [0.25, 0.3) is 5.19 Å². The third-order valence-corrected chi connectivity index (χ3v) is 7.48. The second-order valence-corrected chi connectivity index (χ2v) is 9.42. The molecule has 0 spiro atoms. The van der Waals surface area contributed by atoms with E-state index in [1.807, 2.05) is 18.2 Å². The molecule has 0 unspecified atom stereocenters. The molecule has 0 bridgehead atoms. The van der Waals surface area contributed by atoms with Gasteiger partial charge in [-0.2, -0.15) is 4.31 Å². The van der Waals surface area contributed by atoms with Gasteiger partial charge in [0.1, 0.15) is 17.7 Å². The molecule has 1 saturated heterocycles. The summed E-state index contributed by atoms with van der Waals surface area (Å²) >= 11 is 1.44. The predicted molar refractivity (Wildman–Crippen MR) is 105 cm³/mol. The van der Waals surface area contributed by atoms with Gasteiger partial charge >= 0.3 is 0 Å². The molecule has 1 aliphatic heterocycles. The Balaban J connectivity index is 1.41. The smallest absolute Gasteiger partial charge is 0.274 e. The normalized spacial score (nSPS) is 16.4. The quantitative estimate of drug-likeness (QED) is 0.628. The monoisotopic (exact) mass is 422 g/mol. The number of sulfonamides is 1. The van der Waals surface area contributed by atoms with Crippen molar-refractivity contribution in [2.75, 3.05) is 20.2 Å².